The zero-order valence-corrected chi connectivity index (χ0v) is 11.3. The van der Waals surface area contributed by atoms with Gasteiger partial charge in [-0.15, -0.1) is 0 Å². The van der Waals surface area contributed by atoms with Crippen molar-refractivity contribution in [2.75, 3.05) is 33.9 Å². The maximum absolute atomic E-state index is 5.06. The molecule has 3 heteroatoms. The predicted octanol–water partition coefficient (Wildman–Crippen LogP) is 1.73. The molecule has 92 valence electrons. The Morgan fingerprint density at radius 2 is 1.93 bits per heavy atom. The van der Waals surface area contributed by atoms with Crippen LogP contribution in [-0.4, -0.2) is 50.3 Å². The second kappa shape index (κ2) is 7.20. The van der Waals surface area contributed by atoms with Gasteiger partial charge in [0.25, 0.3) is 0 Å². The Hall–Kier alpha value is -0.120. The lowest BCUT2D eigenvalue weighted by Crippen LogP contribution is -2.40. The number of nitrogens with one attached hydrogen (secondary N) is 1. The van der Waals surface area contributed by atoms with E-state index in [0.29, 0.717) is 6.04 Å². The second-order valence-corrected chi connectivity index (χ2v) is 5.29. The summed E-state index contributed by atoms with van der Waals surface area (Å²) in [5, 5.41) is 3.51. The van der Waals surface area contributed by atoms with E-state index in [1.807, 2.05) is 0 Å². The van der Waals surface area contributed by atoms with Crippen molar-refractivity contribution in [1.82, 2.24) is 10.2 Å². The summed E-state index contributed by atoms with van der Waals surface area (Å²) >= 11 is 0. The van der Waals surface area contributed by atoms with E-state index in [0.717, 1.165) is 19.7 Å². The minimum atomic E-state index is 0.227. The molecule has 0 fully saturated rings. The molecule has 0 saturated heterocycles. The average Bonchev–Trinajstić information content (AvgIpc) is 2.11. The van der Waals surface area contributed by atoms with Crippen molar-refractivity contribution in [2.24, 2.45) is 0 Å². The Kier molecular flexibility index (Phi) is 7.14. The summed E-state index contributed by atoms with van der Waals surface area (Å²) in [6.45, 7) is 11.8. The highest BCUT2D eigenvalue weighted by molar-refractivity contribution is 4.72. The summed E-state index contributed by atoms with van der Waals surface area (Å²) in [6.07, 6.45) is 1.18. The summed E-state index contributed by atoms with van der Waals surface area (Å²) in [7, 11) is 3.90. The van der Waals surface area contributed by atoms with Crippen LogP contribution in [0.1, 0.15) is 34.1 Å². The second-order valence-electron chi connectivity index (χ2n) is 5.29. The van der Waals surface area contributed by atoms with Crippen molar-refractivity contribution in [1.29, 1.82) is 0 Å². The van der Waals surface area contributed by atoms with Gasteiger partial charge in [-0.25, -0.2) is 0 Å². The standard InChI is InChI=1S/C12H28N2O/c1-11(14(5)9-10-15-6)7-8-13-12(2,3)4/h11,13H,7-10H2,1-6H3. The third-order valence-electron chi connectivity index (χ3n) is 2.62. The van der Waals surface area contributed by atoms with Gasteiger partial charge in [-0.3, -0.25) is 0 Å². The lowest BCUT2D eigenvalue weighted by atomic mass is 10.1. The van der Waals surface area contributed by atoms with Gasteiger partial charge in [-0.1, -0.05) is 0 Å². The highest BCUT2D eigenvalue weighted by atomic mass is 16.5. The van der Waals surface area contributed by atoms with E-state index in [2.05, 4.69) is 45.0 Å². The van der Waals surface area contributed by atoms with Crippen LogP contribution in [0.4, 0.5) is 0 Å². The summed E-state index contributed by atoms with van der Waals surface area (Å²) in [5.41, 5.74) is 0.227. The molecule has 0 aromatic heterocycles. The van der Waals surface area contributed by atoms with Crippen LogP contribution < -0.4 is 5.32 Å². The fourth-order valence-corrected chi connectivity index (χ4v) is 1.33. The lowest BCUT2D eigenvalue weighted by molar-refractivity contribution is 0.139. The van der Waals surface area contributed by atoms with E-state index in [1.165, 1.54) is 6.42 Å². The zero-order chi connectivity index (χ0) is 11.9. The Morgan fingerprint density at radius 1 is 1.33 bits per heavy atom. The Morgan fingerprint density at radius 3 is 2.40 bits per heavy atom. The molecule has 0 aliphatic carbocycles. The Labute approximate surface area is 95.2 Å². The lowest BCUT2D eigenvalue weighted by Gasteiger charge is -2.27. The largest absolute Gasteiger partial charge is 0.383 e. The molecule has 0 amide bonds. The van der Waals surface area contributed by atoms with Gasteiger partial charge in [-0.05, 0) is 47.7 Å². The summed E-state index contributed by atoms with van der Waals surface area (Å²) in [5.74, 6) is 0. The fourth-order valence-electron chi connectivity index (χ4n) is 1.33. The molecule has 3 nitrogen and oxygen atoms in total. The van der Waals surface area contributed by atoms with Crippen molar-refractivity contribution in [3.8, 4) is 0 Å². The van der Waals surface area contributed by atoms with E-state index < -0.39 is 0 Å². The van der Waals surface area contributed by atoms with Crippen LogP contribution >= 0.6 is 0 Å². The van der Waals surface area contributed by atoms with E-state index >= 15 is 0 Å². The van der Waals surface area contributed by atoms with Gasteiger partial charge in [0, 0.05) is 25.2 Å². The zero-order valence-electron chi connectivity index (χ0n) is 11.3. The molecule has 0 aromatic rings. The van der Waals surface area contributed by atoms with E-state index in [1.54, 1.807) is 7.11 Å². The van der Waals surface area contributed by atoms with E-state index in [-0.39, 0.29) is 5.54 Å². The molecule has 0 heterocycles. The predicted molar refractivity (Wildman–Crippen MR) is 66.3 cm³/mol. The van der Waals surface area contributed by atoms with Crippen molar-refractivity contribution in [3.05, 3.63) is 0 Å². The van der Waals surface area contributed by atoms with Crippen LogP contribution in [0.2, 0.25) is 0 Å². The molecule has 0 spiro atoms. The van der Waals surface area contributed by atoms with Gasteiger partial charge in [0.05, 0.1) is 6.61 Å². The Balaban J connectivity index is 3.59. The smallest absolute Gasteiger partial charge is 0.0589 e. The molecular formula is C12H28N2O. The van der Waals surface area contributed by atoms with Crippen molar-refractivity contribution < 1.29 is 4.74 Å². The molecule has 0 aliphatic heterocycles. The average molecular weight is 216 g/mol. The molecule has 15 heavy (non-hydrogen) atoms. The maximum Gasteiger partial charge on any atom is 0.0589 e. The summed E-state index contributed by atoms with van der Waals surface area (Å²) < 4.78 is 5.06. The molecule has 0 aromatic carbocycles. The molecule has 0 aliphatic rings. The van der Waals surface area contributed by atoms with Gasteiger partial charge in [0.2, 0.25) is 0 Å². The van der Waals surface area contributed by atoms with Gasteiger partial charge >= 0.3 is 0 Å². The van der Waals surface area contributed by atoms with E-state index in [4.69, 9.17) is 4.74 Å². The third-order valence-corrected chi connectivity index (χ3v) is 2.62. The normalized spacial score (nSPS) is 14.6. The van der Waals surface area contributed by atoms with Gasteiger partial charge in [0.15, 0.2) is 0 Å². The number of rotatable bonds is 7. The first kappa shape index (κ1) is 14.9. The molecule has 1 N–H and O–H groups in total. The quantitative estimate of drug-likeness (QED) is 0.701. The molecule has 1 atom stereocenters. The number of likely N-dealkylation sites (N-methyl/N-ethyl adjacent to an activating group) is 1. The van der Waals surface area contributed by atoms with Crippen LogP contribution in [0, 0.1) is 0 Å². The molecule has 0 saturated carbocycles. The van der Waals surface area contributed by atoms with Crippen molar-refractivity contribution in [2.45, 2.75) is 45.7 Å². The minimum Gasteiger partial charge on any atom is -0.383 e. The number of hydrogen-bond acceptors (Lipinski definition) is 3. The van der Waals surface area contributed by atoms with Crippen LogP contribution in [0.15, 0.2) is 0 Å². The molecule has 0 rings (SSSR count). The summed E-state index contributed by atoms with van der Waals surface area (Å²) in [4.78, 5) is 2.34. The maximum atomic E-state index is 5.06. The number of hydrogen-bond donors (Lipinski definition) is 1. The number of ether oxygens (including phenoxy) is 1. The van der Waals surface area contributed by atoms with Crippen molar-refractivity contribution >= 4 is 0 Å². The van der Waals surface area contributed by atoms with E-state index in [9.17, 15) is 0 Å². The van der Waals surface area contributed by atoms with Gasteiger partial charge in [-0.2, -0.15) is 0 Å². The van der Waals surface area contributed by atoms with Gasteiger partial charge < -0.3 is 15.0 Å². The Bertz CT molecular complexity index is 154. The number of methoxy groups -OCH3 is 1. The summed E-state index contributed by atoms with van der Waals surface area (Å²) in [6, 6.07) is 0.606. The van der Waals surface area contributed by atoms with Gasteiger partial charge in [0.1, 0.15) is 0 Å². The first-order valence-corrected chi connectivity index (χ1v) is 5.81. The van der Waals surface area contributed by atoms with Crippen LogP contribution in [-0.2, 0) is 4.74 Å². The number of nitrogens with zero attached hydrogens (tertiary/aromatic N) is 1. The third kappa shape index (κ3) is 8.85. The minimum absolute atomic E-state index is 0.227. The van der Waals surface area contributed by atoms with Crippen LogP contribution in [0.3, 0.4) is 0 Å². The topological polar surface area (TPSA) is 24.5 Å². The first-order chi connectivity index (χ1) is 6.87. The monoisotopic (exact) mass is 216 g/mol. The SMILES string of the molecule is COCCN(C)C(C)CCNC(C)(C)C. The fraction of sp³-hybridized carbons (Fsp3) is 1.00. The highest BCUT2D eigenvalue weighted by Gasteiger charge is 2.11. The van der Waals surface area contributed by atoms with Crippen LogP contribution in [0.25, 0.3) is 0 Å². The highest BCUT2D eigenvalue weighted by Crippen LogP contribution is 2.03. The molecule has 0 radical (unpaired) electrons. The molecule has 1 unspecified atom stereocenters. The van der Waals surface area contributed by atoms with Crippen LogP contribution in [0.5, 0.6) is 0 Å². The molecular weight excluding hydrogens is 188 g/mol. The van der Waals surface area contributed by atoms with Crippen molar-refractivity contribution in [3.63, 3.8) is 0 Å². The molecule has 0 bridgehead atoms. The first-order valence-electron chi connectivity index (χ1n) is 5.81.